The van der Waals surface area contributed by atoms with Crippen molar-refractivity contribution in [3.8, 4) is 6.01 Å². The van der Waals surface area contributed by atoms with Gasteiger partial charge in [0, 0.05) is 17.3 Å². The monoisotopic (exact) mass is 235 g/mol. The molecule has 2 heterocycles. The van der Waals surface area contributed by atoms with Crippen molar-refractivity contribution >= 4 is 17.7 Å². The molecule has 2 N–H and O–H groups in total. The lowest BCUT2D eigenvalue weighted by Crippen LogP contribution is -2.01. The predicted octanol–water partition coefficient (Wildman–Crippen LogP) is 1.01. The zero-order chi connectivity index (χ0) is 11.4. The Hall–Kier alpha value is -1.89. The highest BCUT2D eigenvalue weighted by Crippen LogP contribution is 2.24. The van der Waals surface area contributed by atoms with Gasteiger partial charge in [-0.2, -0.15) is 15.0 Å². The van der Waals surface area contributed by atoms with Crippen LogP contribution in [0.5, 0.6) is 6.01 Å². The number of methoxy groups -OCH3 is 1. The van der Waals surface area contributed by atoms with Gasteiger partial charge in [0.15, 0.2) is 0 Å². The van der Waals surface area contributed by atoms with Gasteiger partial charge in [0.2, 0.25) is 11.1 Å². The van der Waals surface area contributed by atoms with Crippen LogP contribution >= 0.6 is 11.8 Å². The molecule has 2 rings (SSSR count). The average Bonchev–Trinajstić information content (AvgIpc) is 2.29. The van der Waals surface area contributed by atoms with E-state index in [0.717, 1.165) is 4.90 Å². The van der Waals surface area contributed by atoms with Crippen LogP contribution in [0.2, 0.25) is 0 Å². The topological polar surface area (TPSA) is 86.8 Å². The van der Waals surface area contributed by atoms with Gasteiger partial charge in [0.1, 0.15) is 0 Å². The van der Waals surface area contributed by atoms with Crippen LogP contribution in [0.4, 0.5) is 5.95 Å². The van der Waals surface area contributed by atoms with Crippen molar-refractivity contribution in [1.82, 2.24) is 19.9 Å². The normalized spacial score (nSPS) is 10.1. The third-order valence-electron chi connectivity index (χ3n) is 1.65. The van der Waals surface area contributed by atoms with E-state index in [9.17, 15) is 0 Å². The minimum absolute atomic E-state index is 0.142. The van der Waals surface area contributed by atoms with Crippen LogP contribution in [0, 0.1) is 0 Å². The summed E-state index contributed by atoms with van der Waals surface area (Å²) in [6, 6.07) is 3.93. The third-order valence-corrected chi connectivity index (χ3v) is 2.53. The smallest absolute Gasteiger partial charge is 0.321 e. The summed E-state index contributed by atoms with van der Waals surface area (Å²) in [5.41, 5.74) is 5.52. The standard InChI is InChI=1S/C9H9N5OS/c1-15-8-12-7(10)13-9(14-8)16-6-2-4-11-5-3-6/h2-5H,1H3,(H2,10,12,13,14). The highest BCUT2D eigenvalue weighted by molar-refractivity contribution is 7.99. The number of ether oxygens (including phenoxy) is 1. The van der Waals surface area contributed by atoms with Crippen molar-refractivity contribution in [2.45, 2.75) is 10.1 Å². The van der Waals surface area contributed by atoms with Crippen molar-refractivity contribution in [1.29, 1.82) is 0 Å². The van der Waals surface area contributed by atoms with Crippen molar-refractivity contribution in [3.63, 3.8) is 0 Å². The Morgan fingerprint density at radius 1 is 1.19 bits per heavy atom. The maximum Gasteiger partial charge on any atom is 0.321 e. The van der Waals surface area contributed by atoms with Crippen LogP contribution < -0.4 is 10.5 Å². The van der Waals surface area contributed by atoms with Gasteiger partial charge in [-0.25, -0.2) is 0 Å². The zero-order valence-corrected chi connectivity index (χ0v) is 9.31. The summed E-state index contributed by atoms with van der Waals surface area (Å²) >= 11 is 1.37. The second-order valence-corrected chi connectivity index (χ2v) is 3.79. The van der Waals surface area contributed by atoms with Crippen molar-refractivity contribution in [2.75, 3.05) is 12.8 Å². The summed E-state index contributed by atoms with van der Waals surface area (Å²) in [4.78, 5) is 16.8. The minimum Gasteiger partial charge on any atom is -0.467 e. The molecule has 0 aromatic carbocycles. The largest absolute Gasteiger partial charge is 0.467 e. The van der Waals surface area contributed by atoms with Crippen molar-refractivity contribution in [3.05, 3.63) is 24.5 Å². The molecule has 0 bridgehead atoms. The number of anilines is 1. The van der Waals surface area contributed by atoms with E-state index in [0.29, 0.717) is 5.16 Å². The number of nitrogen functional groups attached to an aromatic ring is 1. The molecular formula is C9H9N5OS. The molecule has 0 saturated carbocycles. The molecule has 0 unspecified atom stereocenters. The van der Waals surface area contributed by atoms with Gasteiger partial charge >= 0.3 is 6.01 Å². The molecule has 7 heteroatoms. The van der Waals surface area contributed by atoms with E-state index in [1.165, 1.54) is 18.9 Å². The fourth-order valence-electron chi connectivity index (χ4n) is 1.00. The molecule has 0 spiro atoms. The van der Waals surface area contributed by atoms with E-state index in [1.807, 2.05) is 12.1 Å². The van der Waals surface area contributed by atoms with Crippen LogP contribution in [-0.2, 0) is 0 Å². The van der Waals surface area contributed by atoms with Gasteiger partial charge in [0.05, 0.1) is 7.11 Å². The zero-order valence-electron chi connectivity index (χ0n) is 8.49. The lowest BCUT2D eigenvalue weighted by atomic mass is 10.5. The maximum atomic E-state index is 5.52. The molecule has 0 fully saturated rings. The van der Waals surface area contributed by atoms with E-state index in [4.69, 9.17) is 10.5 Å². The van der Waals surface area contributed by atoms with Gasteiger partial charge in [-0.05, 0) is 23.9 Å². The lowest BCUT2D eigenvalue weighted by Gasteiger charge is -2.02. The third kappa shape index (κ3) is 2.57. The number of pyridine rings is 1. The Balaban J connectivity index is 2.24. The highest BCUT2D eigenvalue weighted by atomic mass is 32.2. The first-order valence-corrected chi connectivity index (χ1v) is 5.23. The Morgan fingerprint density at radius 3 is 2.62 bits per heavy atom. The van der Waals surface area contributed by atoms with Crippen molar-refractivity contribution in [2.24, 2.45) is 0 Å². The van der Waals surface area contributed by atoms with Gasteiger partial charge in [0.25, 0.3) is 0 Å². The summed E-state index contributed by atoms with van der Waals surface area (Å²) in [7, 11) is 1.48. The first kappa shape index (κ1) is 10.6. The van der Waals surface area contributed by atoms with Crippen LogP contribution in [0.1, 0.15) is 0 Å². The molecule has 0 radical (unpaired) electrons. The summed E-state index contributed by atoms with van der Waals surface area (Å²) in [5.74, 6) is 0.142. The summed E-state index contributed by atoms with van der Waals surface area (Å²) < 4.78 is 4.91. The lowest BCUT2D eigenvalue weighted by molar-refractivity contribution is 0.374. The molecule has 0 aliphatic carbocycles. The molecule has 82 valence electrons. The van der Waals surface area contributed by atoms with Gasteiger partial charge in [-0.15, -0.1) is 0 Å². The second-order valence-electron chi connectivity index (χ2n) is 2.75. The first-order valence-electron chi connectivity index (χ1n) is 4.41. The van der Waals surface area contributed by atoms with E-state index in [2.05, 4.69) is 19.9 Å². The van der Waals surface area contributed by atoms with Crippen LogP contribution in [0.25, 0.3) is 0 Å². The minimum atomic E-state index is 0.142. The SMILES string of the molecule is COc1nc(N)nc(Sc2ccncc2)n1. The second kappa shape index (κ2) is 4.75. The molecule has 0 aliphatic rings. The summed E-state index contributed by atoms with van der Waals surface area (Å²) in [6.45, 7) is 0. The summed E-state index contributed by atoms with van der Waals surface area (Å²) in [6.07, 6.45) is 3.40. The first-order chi connectivity index (χ1) is 7.78. The van der Waals surface area contributed by atoms with Crippen LogP contribution in [-0.4, -0.2) is 27.0 Å². The molecule has 0 saturated heterocycles. The molecule has 2 aromatic rings. The maximum absolute atomic E-state index is 5.52. The van der Waals surface area contributed by atoms with Gasteiger partial charge < -0.3 is 10.5 Å². The predicted molar refractivity (Wildman–Crippen MR) is 59.2 cm³/mol. The van der Waals surface area contributed by atoms with E-state index in [-0.39, 0.29) is 12.0 Å². The highest BCUT2D eigenvalue weighted by Gasteiger charge is 2.05. The molecular weight excluding hydrogens is 226 g/mol. The van der Waals surface area contributed by atoms with Crippen LogP contribution in [0.15, 0.2) is 34.6 Å². The van der Waals surface area contributed by atoms with Gasteiger partial charge in [-0.1, -0.05) is 0 Å². The molecule has 0 aliphatic heterocycles. The number of hydrogen-bond acceptors (Lipinski definition) is 7. The van der Waals surface area contributed by atoms with E-state index < -0.39 is 0 Å². The molecule has 0 atom stereocenters. The van der Waals surface area contributed by atoms with Crippen molar-refractivity contribution < 1.29 is 4.74 Å². The Labute approximate surface area is 96.3 Å². The Bertz CT molecular complexity index is 479. The molecule has 16 heavy (non-hydrogen) atoms. The fourth-order valence-corrected chi connectivity index (χ4v) is 1.73. The number of nitrogens with zero attached hydrogens (tertiary/aromatic N) is 4. The Kier molecular flexibility index (Phi) is 3.16. The molecule has 0 amide bonds. The van der Waals surface area contributed by atoms with Crippen LogP contribution in [0.3, 0.4) is 0 Å². The number of aromatic nitrogens is 4. The van der Waals surface area contributed by atoms with E-state index >= 15 is 0 Å². The molecule has 2 aromatic heterocycles. The number of hydrogen-bond donors (Lipinski definition) is 1. The van der Waals surface area contributed by atoms with Gasteiger partial charge in [-0.3, -0.25) is 4.98 Å². The fraction of sp³-hybridized carbons (Fsp3) is 0.111. The van der Waals surface area contributed by atoms with E-state index in [1.54, 1.807) is 12.4 Å². The number of nitrogens with two attached hydrogens (primary N) is 1. The summed E-state index contributed by atoms with van der Waals surface area (Å²) in [5, 5.41) is 0.496. The Morgan fingerprint density at radius 2 is 1.94 bits per heavy atom. The average molecular weight is 235 g/mol. The number of rotatable bonds is 3. The quantitative estimate of drug-likeness (QED) is 0.849. The molecule has 6 nitrogen and oxygen atoms in total.